The normalized spacial score (nSPS) is 18.2. The Hall–Kier alpha value is -2.43. The molecule has 0 amide bonds. The summed E-state index contributed by atoms with van der Waals surface area (Å²) in [5, 5.41) is 9.19. The van der Waals surface area contributed by atoms with E-state index < -0.39 is 12.0 Å². The van der Waals surface area contributed by atoms with Crippen molar-refractivity contribution in [1.82, 2.24) is 9.97 Å². The van der Waals surface area contributed by atoms with Gasteiger partial charge in [-0.15, -0.1) is 0 Å². The second-order valence-corrected chi connectivity index (χ2v) is 4.82. The van der Waals surface area contributed by atoms with Crippen molar-refractivity contribution in [1.29, 1.82) is 0 Å². The molecule has 0 radical (unpaired) electrons. The van der Waals surface area contributed by atoms with Crippen LogP contribution < -0.4 is 4.90 Å². The molecular formula is C15H15N3O2. The molecule has 1 fully saturated rings. The quantitative estimate of drug-likeness (QED) is 0.925. The first-order chi connectivity index (χ1) is 9.75. The van der Waals surface area contributed by atoms with E-state index in [-0.39, 0.29) is 0 Å². The van der Waals surface area contributed by atoms with Crippen LogP contribution in [0.2, 0.25) is 0 Å². The van der Waals surface area contributed by atoms with Crippen LogP contribution in [0.15, 0.2) is 42.7 Å². The third kappa shape index (κ3) is 2.34. The fourth-order valence-corrected chi connectivity index (χ4v) is 2.53. The summed E-state index contributed by atoms with van der Waals surface area (Å²) in [6.45, 7) is 0.719. The maximum absolute atomic E-state index is 11.2. The van der Waals surface area contributed by atoms with Gasteiger partial charge < -0.3 is 10.0 Å². The number of anilines is 1. The third-order valence-corrected chi connectivity index (χ3v) is 3.54. The van der Waals surface area contributed by atoms with E-state index in [4.69, 9.17) is 0 Å². The highest BCUT2D eigenvalue weighted by molar-refractivity contribution is 5.78. The molecule has 1 atom stereocenters. The summed E-state index contributed by atoms with van der Waals surface area (Å²) in [6, 6.07) is 9.32. The smallest absolute Gasteiger partial charge is 0.326 e. The monoisotopic (exact) mass is 269 g/mol. The molecule has 5 nitrogen and oxygen atoms in total. The topological polar surface area (TPSA) is 66.3 Å². The summed E-state index contributed by atoms with van der Waals surface area (Å²) in [5.74, 6) is -0.161. The standard InChI is InChI=1S/C15H15N3O2/c19-15(20)13-7-4-8-18(13)14-10-16-12(9-17-14)11-5-2-1-3-6-11/h1-3,5-6,9-10,13H,4,7-8H2,(H,19,20)/t13-/m0/s1. The second-order valence-electron chi connectivity index (χ2n) is 4.82. The van der Waals surface area contributed by atoms with Crippen LogP contribution in [0.25, 0.3) is 11.3 Å². The summed E-state index contributed by atoms with van der Waals surface area (Å²) >= 11 is 0. The van der Waals surface area contributed by atoms with Crippen LogP contribution in [0.3, 0.4) is 0 Å². The van der Waals surface area contributed by atoms with Gasteiger partial charge in [0.2, 0.25) is 0 Å². The van der Waals surface area contributed by atoms with Gasteiger partial charge in [-0.3, -0.25) is 4.98 Å². The zero-order valence-corrected chi connectivity index (χ0v) is 10.9. The number of benzene rings is 1. The van der Waals surface area contributed by atoms with Crippen molar-refractivity contribution in [2.75, 3.05) is 11.4 Å². The maximum Gasteiger partial charge on any atom is 0.326 e. The van der Waals surface area contributed by atoms with Crippen LogP contribution in [-0.2, 0) is 4.79 Å². The summed E-state index contributed by atoms with van der Waals surface area (Å²) in [4.78, 5) is 21.8. The van der Waals surface area contributed by atoms with Gasteiger partial charge in [0.05, 0.1) is 18.1 Å². The van der Waals surface area contributed by atoms with Gasteiger partial charge in [-0.2, -0.15) is 0 Å². The molecule has 2 aromatic rings. The van der Waals surface area contributed by atoms with Crippen molar-refractivity contribution < 1.29 is 9.90 Å². The molecule has 102 valence electrons. The van der Waals surface area contributed by atoms with Crippen LogP contribution in [0.1, 0.15) is 12.8 Å². The zero-order chi connectivity index (χ0) is 13.9. The van der Waals surface area contributed by atoms with Gasteiger partial charge in [-0.1, -0.05) is 30.3 Å². The Labute approximate surface area is 116 Å². The highest BCUT2D eigenvalue weighted by Gasteiger charge is 2.31. The fraction of sp³-hybridized carbons (Fsp3) is 0.267. The largest absolute Gasteiger partial charge is 0.480 e. The predicted octanol–water partition coefficient (Wildman–Crippen LogP) is 2.20. The summed E-state index contributed by atoms with van der Waals surface area (Å²) < 4.78 is 0. The molecule has 2 heterocycles. The number of hydrogen-bond acceptors (Lipinski definition) is 4. The summed E-state index contributed by atoms with van der Waals surface area (Å²) in [5.41, 5.74) is 1.79. The zero-order valence-electron chi connectivity index (χ0n) is 10.9. The first kappa shape index (κ1) is 12.6. The average molecular weight is 269 g/mol. The number of carbonyl (C=O) groups is 1. The predicted molar refractivity (Wildman–Crippen MR) is 75.5 cm³/mol. The first-order valence-corrected chi connectivity index (χ1v) is 6.62. The molecule has 0 unspecified atom stereocenters. The third-order valence-electron chi connectivity index (χ3n) is 3.54. The number of aromatic nitrogens is 2. The molecule has 0 aliphatic carbocycles. The van der Waals surface area contributed by atoms with E-state index in [1.54, 1.807) is 12.4 Å². The van der Waals surface area contributed by atoms with Crippen LogP contribution >= 0.6 is 0 Å². The lowest BCUT2D eigenvalue weighted by molar-refractivity contribution is -0.138. The molecule has 0 saturated carbocycles. The summed E-state index contributed by atoms with van der Waals surface area (Å²) in [7, 11) is 0. The number of rotatable bonds is 3. The fourth-order valence-electron chi connectivity index (χ4n) is 2.53. The molecule has 3 rings (SSSR count). The minimum absolute atomic E-state index is 0.480. The lowest BCUT2D eigenvalue weighted by Crippen LogP contribution is -2.36. The summed E-state index contributed by atoms with van der Waals surface area (Å²) in [6.07, 6.45) is 4.89. The van der Waals surface area contributed by atoms with Gasteiger partial charge in [-0.05, 0) is 12.8 Å². The number of carboxylic acid groups (broad SMARTS) is 1. The van der Waals surface area contributed by atoms with Crippen molar-refractivity contribution in [3.8, 4) is 11.3 Å². The maximum atomic E-state index is 11.2. The van der Waals surface area contributed by atoms with Gasteiger partial charge in [0.1, 0.15) is 11.9 Å². The van der Waals surface area contributed by atoms with E-state index in [0.717, 1.165) is 24.2 Å². The molecule has 1 N–H and O–H groups in total. The van der Waals surface area contributed by atoms with E-state index in [1.165, 1.54) is 0 Å². The molecule has 1 aromatic carbocycles. The van der Waals surface area contributed by atoms with Crippen molar-refractivity contribution in [3.05, 3.63) is 42.7 Å². The number of aliphatic carboxylic acids is 1. The number of nitrogens with zero attached hydrogens (tertiary/aromatic N) is 3. The highest BCUT2D eigenvalue weighted by atomic mass is 16.4. The Morgan fingerprint density at radius 1 is 1.20 bits per heavy atom. The van der Waals surface area contributed by atoms with Gasteiger partial charge in [0.25, 0.3) is 0 Å². The Bertz CT molecular complexity index is 598. The molecule has 0 spiro atoms. The minimum Gasteiger partial charge on any atom is -0.480 e. The molecule has 20 heavy (non-hydrogen) atoms. The molecule has 1 saturated heterocycles. The second kappa shape index (κ2) is 5.28. The van der Waals surface area contributed by atoms with Crippen molar-refractivity contribution in [2.24, 2.45) is 0 Å². The Kier molecular flexibility index (Phi) is 3.33. The lowest BCUT2D eigenvalue weighted by Gasteiger charge is -2.21. The van der Waals surface area contributed by atoms with E-state index in [1.807, 2.05) is 35.2 Å². The van der Waals surface area contributed by atoms with Crippen LogP contribution in [0.4, 0.5) is 5.82 Å². The van der Waals surface area contributed by atoms with Gasteiger partial charge in [-0.25, -0.2) is 9.78 Å². The molecule has 1 aliphatic rings. The van der Waals surface area contributed by atoms with E-state index in [2.05, 4.69) is 9.97 Å². The van der Waals surface area contributed by atoms with Crippen molar-refractivity contribution >= 4 is 11.8 Å². The SMILES string of the molecule is O=C(O)[C@@H]1CCCN1c1cnc(-c2ccccc2)cn1. The first-order valence-electron chi connectivity index (χ1n) is 6.62. The molecule has 1 aliphatic heterocycles. The van der Waals surface area contributed by atoms with Crippen molar-refractivity contribution in [2.45, 2.75) is 18.9 Å². The van der Waals surface area contributed by atoms with Crippen LogP contribution in [0, 0.1) is 0 Å². The average Bonchev–Trinajstić information content (AvgIpc) is 2.98. The highest BCUT2D eigenvalue weighted by Crippen LogP contribution is 2.24. The van der Waals surface area contributed by atoms with Crippen molar-refractivity contribution in [3.63, 3.8) is 0 Å². The van der Waals surface area contributed by atoms with Crippen LogP contribution in [0.5, 0.6) is 0 Å². The van der Waals surface area contributed by atoms with Crippen LogP contribution in [-0.4, -0.2) is 33.6 Å². The molecule has 1 aromatic heterocycles. The molecule has 0 bridgehead atoms. The van der Waals surface area contributed by atoms with E-state index >= 15 is 0 Å². The van der Waals surface area contributed by atoms with E-state index in [0.29, 0.717) is 12.2 Å². The number of hydrogen-bond donors (Lipinski definition) is 1. The Balaban J connectivity index is 1.85. The van der Waals surface area contributed by atoms with Gasteiger partial charge in [0, 0.05) is 12.1 Å². The van der Waals surface area contributed by atoms with Gasteiger partial charge >= 0.3 is 5.97 Å². The minimum atomic E-state index is -0.795. The molecule has 5 heteroatoms. The van der Waals surface area contributed by atoms with E-state index in [9.17, 15) is 9.90 Å². The Morgan fingerprint density at radius 3 is 2.65 bits per heavy atom. The Morgan fingerprint density at radius 2 is 2.00 bits per heavy atom. The number of carboxylic acids is 1. The molecular weight excluding hydrogens is 254 g/mol. The lowest BCUT2D eigenvalue weighted by atomic mass is 10.2. The van der Waals surface area contributed by atoms with Gasteiger partial charge in [0.15, 0.2) is 0 Å².